The van der Waals surface area contributed by atoms with E-state index in [0.717, 1.165) is 0 Å². The summed E-state index contributed by atoms with van der Waals surface area (Å²) >= 11 is 0. The first kappa shape index (κ1) is 14.3. The normalized spacial score (nSPS) is 15.1. The van der Waals surface area contributed by atoms with Crippen molar-refractivity contribution >= 4 is 5.97 Å². The van der Waals surface area contributed by atoms with Gasteiger partial charge in [0.25, 0.3) is 0 Å². The van der Waals surface area contributed by atoms with Crippen LogP contribution in [0.15, 0.2) is 0 Å². The van der Waals surface area contributed by atoms with Gasteiger partial charge in [-0.05, 0) is 6.42 Å². The molecule has 0 saturated heterocycles. The largest absolute Gasteiger partial charge is 0.465 e. The van der Waals surface area contributed by atoms with Crippen LogP contribution in [0.4, 0.5) is 0 Å². The Labute approximate surface area is 90.3 Å². The minimum atomic E-state index is -0.538. The predicted molar refractivity (Wildman–Crippen MR) is 54.2 cm³/mol. The Morgan fingerprint density at radius 2 is 1.93 bits per heavy atom. The van der Waals surface area contributed by atoms with Crippen LogP contribution in [0, 0.1) is 5.41 Å². The number of rotatable bonds is 7. The highest BCUT2D eigenvalue weighted by Gasteiger charge is 2.35. The molecule has 1 N–H and O–H groups in total. The van der Waals surface area contributed by atoms with E-state index in [4.69, 9.17) is 19.3 Å². The number of carbonyl (C=O) groups is 1. The highest BCUT2D eigenvalue weighted by molar-refractivity contribution is 5.65. The SMILES string of the molecule is COC(OC)[C@](C)(CCO)COC(C)=O. The molecule has 0 amide bonds. The van der Waals surface area contributed by atoms with Crippen LogP contribution in [0.2, 0.25) is 0 Å². The van der Waals surface area contributed by atoms with Crippen molar-refractivity contribution in [3.8, 4) is 0 Å². The summed E-state index contributed by atoms with van der Waals surface area (Å²) in [5.74, 6) is -0.356. The summed E-state index contributed by atoms with van der Waals surface area (Å²) in [6, 6.07) is 0. The maximum absolute atomic E-state index is 10.7. The second kappa shape index (κ2) is 6.76. The van der Waals surface area contributed by atoms with Gasteiger partial charge in [0, 0.05) is 27.8 Å². The van der Waals surface area contributed by atoms with E-state index in [-0.39, 0.29) is 19.2 Å². The predicted octanol–water partition coefficient (Wildman–Crippen LogP) is 0.557. The lowest BCUT2D eigenvalue weighted by Gasteiger charge is -2.34. The Bertz CT molecular complexity index is 190. The lowest BCUT2D eigenvalue weighted by molar-refractivity contribution is -0.196. The zero-order chi connectivity index (χ0) is 11.9. The Morgan fingerprint density at radius 1 is 1.40 bits per heavy atom. The first-order chi connectivity index (χ1) is 7.00. The summed E-state index contributed by atoms with van der Waals surface area (Å²) in [6.45, 7) is 3.33. The minimum Gasteiger partial charge on any atom is -0.465 e. The molecule has 5 heteroatoms. The van der Waals surface area contributed by atoms with Gasteiger partial charge >= 0.3 is 5.97 Å². The van der Waals surface area contributed by atoms with Crippen LogP contribution in [-0.2, 0) is 19.0 Å². The molecule has 0 aliphatic carbocycles. The molecule has 0 fully saturated rings. The number of methoxy groups -OCH3 is 2. The molecule has 5 nitrogen and oxygen atoms in total. The summed E-state index contributed by atoms with van der Waals surface area (Å²) < 4.78 is 15.2. The minimum absolute atomic E-state index is 0.0129. The molecular formula is C10H20O5. The highest BCUT2D eigenvalue weighted by atomic mass is 16.7. The molecule has 0 unspecified atom stereocenters. The molecule has 0 saturated carbocycles. The molecule has 0 aliphatic heterocycles. The van der Waals surface area contributed by atoms with Crippen molar-refractivity contribution in [2.75, 3.05) is 27.4 Å². The summed E-state index contributed by atoms with van der Waals surface area (Å²) in [7, 11) is 3.02. The number of hydrogen-bond acceptors (Lipinski definition) is 5. The van der Waals surface area contributed by atoms with Crippen molar-refractivity contribution in [3.63, 3.8) is 0 Å². The standard InChI is InChI=1S/C10H20O5/c1-8(12)15-7-10(2,5-6-11)9(13-3)14-4/h9,11H,5-7H2,1-4H3/t10-/m1/s1. The van der Waals surface area contributed by atoms with E-state index in [0.29, 0.717) is 6.42 Å². The van der Waals surface area contributed by atoms with Crippen LogP contribution in [0.5, 0.6) is 0 Å². The second-order valence-corrected chi connectivity index (χ2v) is 3.71. The maximum atomic E-state index is 10.7. The van der Waals surface area contributed by atoms with Gasteiger partial charge in [-0.1, -0.05) is 6.92 Å². The van der Waals surface area contributed by atoms with E-state index in [1.807, 2.05) is 6.92 Å². The molecule has 0 radical (unpaired) electrons. The lowest BCUT2D eigenvalue weighted by atomic mass is 9.87. The monoisotopic (exact) mass is 220 g/mol. The van der Waals surface area contributed by atoms with Gasteiger partial charge in [-0.3, -0.25) is 4.79 Å². The average molecular weight is 220 g/mol. The fourth-order valence-corrected chi connectivity index (χ4v) is 1.45. The van der Waals surface area contributed by atoms with Crippen molar-refractivity contribution in [3.05, 3.63) is 0 Å². The van der Waals surface area contributed by atoms with Crippen molar-refractivity contribution in [2.24, 2.45) is 5.41 Å². The van der Waals surface area contributed by atoms with Crippen LogP contribution in [0.25, 0.3) is 0 Å². The third kappa shape index (κ3) is 4.59. The van der Waals surface area contributed by atoms with Gasteiger partial charge in [-0.15, -0.1) is 0 Å². The van der Waals surface area contributed by atoms with Gasteiger partial charge in [-0.2, -0.15) is 0 Å². The van der Waals surface area contributed by atoms with Crippen LogP contribution >= 0.6 is 0 Å². The van der Waals surface area contributed by atoms with E-state index in [1.165, 1.54) is 21.1 Å². The third-order valence-electron chi connectivity index (χ3n) is 2.29. The number of hydrogen-bond donors (Lipinski definition) is 1. The lowest BCUT2D eigenvalue weighted by Crippen LogP contribution is -2.40. The fraction of sp³-hybridized carbons (Fsp3) is 0.900. The molecule has 0 aromatic rings. The summed E-state index contributed by atoms with van der Waals surface area (Å²) in [5.41, 5.74) is -0.538. The van der Waals surface area contributed by atoms with Crippen LogP contribution in [0.1, 0.15) is 20.3 Å². The van der Waals surface area contributed by atoms with Gasteiger partial charge in [0.1, 0.15) is 6.61 Å². The summed E-state index contributed by atoms with van der Waals surface area (Å²) in [5, 5.41) is 8.96. The average Bonchev–Trinajstić information content (AvgIpc) is 2.17. The highest BCUT2D eigenvalue weighted by Crippen LogP contribution is 2.28. The molecule has 0 aliphatic rings. The summed E-state index contributed by atoms with van der Waals surface area (Å²) in [6.07, 6.45) is -0.0731. The molecule has 0 aromatic heterocycles. The molecule has 90 valence electrons. The molecule has 0 bridgehead atoms. The topological polar surface area (TPSA) is 65.0 Å². The second-order valence-electron chi connectivity index (χ2n) is 3.71. The Morgan fingerprint density at radius 3 is 2.27 bits per heavy atom. The number of esters is 1. The Balaban J connectivity index is 4.47. The van der Waals surface area contributed by atoms with Gasteiger partial charge in [0.05, 0.1) is 5.41 Å². The van der Waals surface area contributed by atoms with Crippen LogP contribution < -0.4 is 0 Å². The van der Waals surface area contributed by atoms with Crippen LogP contribution in [-0.4, -0.2) is 44.8 Å². The van der Waals surface area contributed by atoms with E-state index in [1.54, 1.807) is 0 Å². The number of carbonyl (C=O) groups excluding carboxylic acids is 1. The van der Waals surface area contributed by atoms with Crippen molar-refractivity contribution < 1.29 is 24.1 Å². The maximum Gasteiger partial charge on any atom is 0.302 e. The van der Waals surface area contributed by atoms with Crippen molar-refractivity contribution in [1.29, 1.82) is 0 Å². The van der Waals surface area contributed by atoms with Crippen molar-refractivity contribution in [1.82, 2.24) is 0 Å². The van der Waals surface area contributed by atoms with E-state index >= 15 is 0 Å². The first-order valence-corrected chi connectivity index (χ1v) is 4.80. The number of aliphatic hydroxyl groups is 1. The molecule has 0 aromatic carbocycles. The van der Waals surface area contributed by atoms with Crippen molar-refractivity contribution in [2.45, 2.75) is 26.6 Å². The zero-order valence-electron chi connectivity index (χ0n) is 9.78. The molecule has 15 heavy (non-hydrogen) atoms. The molecule has 0 spiro atoms. The van der Waals surface area contributed by atoms with Gasteiger partial charge in [-0.25, -0.2) is 0 Å². The van der Waals surface area contributed by atoms with Gasteiger partial charge in [0.15, 0.2) is 6.29 Å². The quantitative estimate of drug-likeness (QED) is 0.501. The molecule has 0 rings (SSSR count). The summed E-state index contributed by atoms with van der Waals surface area (Å²) in [4.78, 5) is 10.7. The zero-order valence-corrected chi connectivity index (χ0v) is 9.78. The number of aliphatic hydroxyl groups excluding tert-OH is 1. The Hall–Kier alpha value is -0.650. The number of ether oxygens (including phenoxy) is 3. The van der Waals surface area contributed by atoms with Gasteiger partial charge < -0.3 is 19.3 Å². The fourth-order valence-electron chi connectivity index (χ4n) is 1.45. The van der Waals surface area contributed by atoms with Crippen LogP contribution in [0.3, 0.4) is 0 Å². The Kier molecular flexibility index (Phi) is 6.47. The molecule has 0 heterocycles. The smallest absolute Gasteiger partial charge is 0.302 e. The van der Waals surface area contributed by atoms with Gasteiger partial charge in [0.2, 0.25) is 0 Å². The first-order valence-electron chi connectivity index (χ1n) is 4.80. The van der Waals surface area contributed by atoms with E-state index < -0.39 is 11.7 Å². The van der Waals surface area contributed by atoms with E-state index in [9.17, 15) is 4.79 Å². The molecule has 1 atom stereocenters. The third-order valence-corrected chi connectivity index (χ3v) is 2.29. The molecular weight excluding hydrogens is 200 g/mol. The van der Waals surface area contributed by atoms with E-state index in [2.05, 4.69) is 0 Å².